The Labute approximate surface area is 80.4 Å². The van der Waals surface area contributed by atoms with Crippen molar-refractivity contribution in [1.29, 1.82) is 0 Å². The minimum absolute atomic E-state index is 0.340. The minimum atomic E-state index is 0.340. The smallest absolute Gasteiger partial charge is 0.170 e. The third-order valence-corrected chi connectivity index (χ3v) is 1.78. The molecule has 0 N–H and O–H groups in total. The van der Waals surface area contributed by atoms with Gasteiger partial charge in [-0.15, -0.1) is 4.80 Å². The first kappa shape index (κ1) is 8.55. The summed E-state index contributed by atoms with van der Waals surface area (Å²) in [5, 5.41) is 7.89. The average molecular weight is 188 g/mol. The molecule has 0 atom stereocenters. The van der Waals surface area contributed by atoms with E-state index in [0.29, 0.717) is 17.7 Å². The summed E-state index contributed by atoms with van der Waals surface area (Å²) in [7, 11) is 0. The van der Waals surface area contributed by atoms with E-state index in [9.17, 15) is 4.79 Å². The number of carbonyl (C=O) groups is 1. The molecule has 0 aliphatic carbocycles. The van der Waals surface area contributed by atoms with Crippen molar-refractivity contribution in [1.82, 2.24) is 20.0 Å². The number of carbonyl (C=O) groups excluding carboxylic acids is 1. The molecular weight excluding hydrogens is 180 g/mol. The van der Waals surface area contributed by atoms with E-state index in [2.05, 4.69) is 15.2 Å². The van der Waals surface area contributed by atoms with E-state index in [0.717, 1.165) is 5.56 Å². The molecule has 0 aliphatic rings. The summed E-state index contributed by atoms with van der Waals surface area (Å²) in [6, 6.07) is 1.82. The Balaban J connectivity index is 2.61. The summed E-state index contributed by atoms with van der Waals surface area (Å²) in [6.07, 6.45) is 5.43. The first-order valence-electron chi connectivity index (χ1n) is 4.10. The van der Waals surface area contributed by atoms with E-state index < -0.39 is 0 Å². The van der Waals surface area contributed by atoms with Crippen LogP contribution in [0, 0.1) is 6.92 Å². The molecule has 0 saturated heterocycles. The largest absolute Gasteiger partial charge is 0.296 e. The number of aldehydes is 1. The summed E-state index contributed by atoms with van der Waals surface area (Å²) >= 11 is 0. The Morgan fingerprint density at radius 3 is 2.71 bits per heavy atom. The van der Waals surface area contributed by atoms with Crippen molar-refractivity contribution in [3.63, 3.8) is 0 Å². The summed E-state index contributed by atoms with van der Waals surface area (Å²) < 4.78 is 0. The second-order valence-electron chi connectivity index (χ2n) is 2.85. The van der Waals surface area contributed by atoms with Crippen LogP contribution >= 0.6 is 0 Å². The molecule has 2 aromatic heterocycles. The van der Waals surface area contributed by atoms with Crippen LogP contribution in [-0.2, 0) is 0 Å². The summed E-state index contributed by atoms with van der Waals surface area (Å²) in [4.78, 5) is 16.1. The van der Waals surface area contributed by atoms with E-state index in [1.807, 2.05) is 13.0 Å². The Hall–Kier alpha value is -2.04. The molecule has 2 rings (SSSR count). The van der Waals surface area contributed by atoms with Crippen LogP contribution in [0.5, 0.6) is 0 Å². The van der Waals surface area contributed by atoms with Gasteiger partial charge in [-0.3, -0.25) is 9.78 Å². The maximum atomic E-state index is 10.7. The zero-order chi connectivity index (χ0) is 9.97. The molecule has 2 aromatic rings. The minimum Gasteiger partial charge on any atom is -0.296 e. The molecule has 70 valence electrons. The monoisotopic (exact) mass is 188 g/mol. The highest BCUT2D eigenvalue weighted by Gasteiger charge is 2.06. The Morgan fingerprint density at radius 2 is 2.07 bits per heavy atom. The Morgan fingerprint density at radius 1 is 1.36 bits per heavy atom. The van der Waals surface area contributed by atoms with E-state index in [4.69, 9.17) is 0 Å². The van der Waals surface area contributed by atoms with Crippen molar-refractivity contribution in [2.24, 2.45) is 0 Å². The molecular formula is C9H8N4O. The van der Waals surface area contributed by atoms with Gasteiger partial charge in [0.1, 0.15) is 11.4 Å². The predicted octanol–water partition coefficient (Wildman–Crippen LogP) is 0.783. The zero-order valence-corrected chi connectivity index (χ0v) is 7.58. The fourth-order valence-corrected chi connectivity index (χ4v) is 1.16. The van der Waals surface area contributed by atoms with Crippen molar-refractivity contribution >= 4 is 6.29 Å². The lowest BCUT2D eigenvalue weighted by molar-refractivity contribution is 0.111. The highest BCUT2D eigenvalue weighted by Crippen LogP contribution is 2.09. The lowest BCUT2D eigenvalue weighted by Crippen LogP contribution is -2.04. The first-order chi connectivity index (χ1) is 6.81. The number of hydrogen-bond acceptors (Lipinski definition) is 4. The topological polar surface area (TPSA) is 60.7 Å². The molecule has 5 nitrogen and oxygen atoms in total. The van der Waals surface area contributed by atoms with Gasteiger partial charge in [0.2, 0.25) is 0 Å². The SMILES string of the molecule is Cc1cnc(C=O)c(-n2nccn2)c1. The molecule has 0 fully saturated rings. The van der Waals surface area contributed by atoms with Gasteiger partial charge in [0.25, 0.3) is 0 Å². The number of rotatable bonds is 2. The van der Waals surface area contributed by atoms with Crippen LogP contribution in [0.3, 0.4) is 0 Å². The van der Waals surface area contributed by atoms with E-state index >= 15 is 0 Å². The van der Waals surface area contributed by atoms with Crippen LogP contribution in [0.4, 0.5) is 0 Å². The van der Waals surface area contributed by atoms with E-state index in [1.165, 1.54) is 4.80 Å². The molecule has 2 heterocycles. The molecule has 0 aliphatic heterocycles. The molecule has 0 unspecified atom stereocenters. The normalized spacial score (nSPS) is 10.1. The maximum absolute atomic E-state index is 10.7. The van der Waals surface area contributed by atoms with Crippen molar-refractivity contribution in [3.05, 3.63) is 35.9 Å². The van der Waals surface area contributed by atoms with Gasteiger partial charge >= 0.3 is 0 Å². The lowest BCUT2D eigenvalue weighted by Gasteiger charge is -2.02. The summed E-state index contributed by atoms with van der Waals surface area (Å²) in [5.41, 5.74) is 1.90. The fraction of sp³-hybridized carbons (Fsp3) is 0.111. The van der Waals surface area contributed by atoms with Gasteiger partial charge in [-0.1, -0.05) is 0 Å². The number of pyridine rings is 1. The van der Waals surface area contributed by atoms with Gasteiger partial charge in [-0.05, 0) is 18.6 Å². The van der Waals surface area contributed by atoms with Gasteiger partial charge in [0.05, 0.1) is 12.4 Å². The van der Waals surface area contributed by atoms with Gasteiger partial charge in [0.15, 0.2) is 6.29 Å². The van der Waals surface area contributed by atoms with Crippen molar-refractivity contribution in [3.8, 4) is 5.69 Å². The fourth-order valence-electron chi connectivity index (χ4n) is 1.16. The highest BCUT2D eigenvalue weighted by atomic mass is 16.1. The van der Waals surface area contributed by atoms with Gasteiger partial charge in [0, 0.05) is 6.20 Å². The summed E-state index contributed by atoms with van der Waals surface area (Å²) in [6.45, 7) is 1.90. The van der Waals surface area contributed by atoms with Gasteiger partial charge in [-0.2, -0.15) is 10.2 Å². The lowest BCUT2D eigenvalue weighted by atomic mass is 10.2. The third kappa shape index (κ3) is 1.39. The molecule has 0 spiro atoms. The average Bonchev–Trinajstić information content (AvgIpc) is 2.70. The Bertz CT molecular complexity index is 450. The van der Waals surface area contributed by atoms with Crippen LogP contribution < -0.4 is 0 Å². The molecule has 0 saturated carbocycles. The number of aromatic nitrogens is 4. The molecule has 0 aromatic carbocycles. The van der Waals surface area contributed by atoms with E-state index in [1.54, 1.807) is 18.6 Å². The quantitative estimate of drug-likeness (QED) is 0.653. The maximum Gasteiger partial charge on any atom is 0.170 e. The molecule has 5 heteroatoms. The van der Waals surface area contributed by atoms with Crippen LogP contribution in [0.25, 0.3) is 5.69 Å². The number of aryl methyl sites for hydroxylation is 1. The van der Waals surface area contributed by atoms with Crippen LogP contribution in [0.2, 0.25) is 0 Å². The molecule has 0 bridgehead atoms. The zero-order valence-electron chi connectivity index (χ0n) is 7.58. The number of nitrogens with zero attached hydrogens (tertiary/aromatic N) is 4. The predicted molar refractivity (Wildman–Crippen MR) is 49.3 cm³/mol. The Kier molecular flexibility index (Phi) is 2.06. The van der Waals surface area contributed by atoms with Crippen molar-refractivity contribution < 1.29 is 4.79 Å². The first-order valence-corrected chi connectivity index (χ1v) is 4.10. The second kappa shape index (κ2) is 3.37. The highest BCUT2D eigenvalue weighted by molar-refractivity contribution is 5.77. The number of hydrogen-bond donors (Lipinski definition) is 0. The molecule has 0 amide bonds. The van der Waals surface area contributed by atoms with E-state index in [-0.39, 0.29) is 0 Å². The van der Waals surface area contributed by atoms with Crippen LogP contribution in [-0.4, -0.2) is 26.3 Å². The van der Waals surface area contributed by atoms with Gasteiger partial charge < -0.3 is 0 Å². The van der Waals surface area contributed by atoms with Crippen molar-refractivity contribution in [2.75, 3.05) is 0 Å². The molecule has 0 radical (unpaired) electrons. The standard InChI is InChI=1S/C9H8N4O/c1-7-4-9(8(6-14)10-5-7)13-11-2-3-12-13/h2-6H,1H3. The second-order valence-corrected chi connectivity index (χ2v) is 2.85. The van der Waals surface area contributed by atoms with Crippen LogP contribution in [0.15, 0.2) is 24.7 Å². The van der Waals surface area contributed by atoms with Gasteiger partial charge in [-0.25, -0.2) is 0 Å². The summed E-state index contributed by atoms with van der Waals surface area (Å²) in [5.74, 6) is 0. The molecule has 14 heavy (non-hydrogen) atoms. The third-order valence-electron chi connectivity index (χ3n) is 1.78. The van der Waals surface area contributed by atoms with Crippen LogP contribution in [0.1, 0.15) is 16.1 Å². The van der Waals surface area contributed by atoms with Crippen molar-refractivity contribution in [2.45, 2.75) is 6.92 Å².